The highest BCUT2D eigenvalue weighted by Crippen LogP contribution is 2.34. The number of hydrogen-bond donors (Lipinski definition) is 1. The summed E-state index contributed by atoms with van der Waals surface area (Å²) >= 11 is 12.1. The number of carbonyl (C=O) groups excluding carboxylic acids is 1. The van der Waals surface area contributed by atoms with Crippen LogP contribution in [0, 0.1) is 0 Å². The molecule has 0 aliphatic heterocycles. The molecule has 0 saturated carbocycles. The van der Waals surface area contributed by atoms with Gasteiger partial charge in [-0.15, -0.1) is 0 Å². The van der Waals surface area contributed by atoms with Crippen molar-refractivity contribution in [1.82, 2.24) is 10.1 Å². The van der Waals surface area contributed by atoms with Crippen molar-refractivity contribution in [2.24, 2.45) is 0 Å². The van der Waals surface area contributed by atoms with Crippen LogP contribution in [-0.2, 0) is 0 Å². The zero-order valence-corrected chi connectivity index (χ0v) is 21.1. The number of amides is 1. The number of rotatable bonds is 7. The number of halogens is 2. The third-order valence-electron chi connectivity index (χ3n) is 5.51. The molecule has 0 aliphatic carbocycles. The Hall–Kier alpha value is -4.27. The lowest BCUT2D eigenvalue weighted by Gasteiger charge is -2.08. The average Bonchev–Trinajstić information content (AvgIpc) is 3.61. The summed E-state index contributed by atoms with van der Waals surface area (Å²) in [5.74, 6) is 1.87. The number of ether oxygens (including phenoxy) is 2. The van der Waals surface area contributed by atoms with E-state index < -0.39 is 5.91 Å². The first-order valence-electron chi connectivity index (χ1n) is 11.0. The van der Waals surface area contributed by atoms with E-state index >= 15 is 0 Å². The van der Waals surface area contributed by atoms with E-state index in [2.05, 4.69) is 15.5 Å². The van der Waals surface area contributed by atoms with Crippen molar-refractivity contribution in [1.29, 1.82) is 0 Å². The Kier molecular flexibility index (Phi) is 6.85. The minimum atomic E-state index is -0.446. The summed E-state index contributed by atoms with van der Waals surface area (Å²) in [6.45, 7) is 0. The lowest BCUT2D eigenvalue weighted by molar-refractivity contribution is 0.0997. The summed E-state index contributed by atoms with van der Waals surface area (Å²) in [6, 6.07) is 20.8. The van der Waals surface area contributed by atoms with E-state index in [4.69, 9.17) is 41.6 Å². The first-order valence-corrected chi connectivity index (χ1v) is 11.7. The second-order valence-corrected chi connectivity index (χ2v) is 8.60. The van der Waals surface area contributed by atoms with Gasteiger partial charge in [-0.1, -0.05) is 40.5 Å². The molecule has 5 aromatic rings. The molecule has 2 heterocycles. The Morgan fingerprint density at radius 3 is 2.43 bits per heavy atom. The van der Waals surface area contributed by atoms with Gasteiger partial charge >= 0.3 is 0 Å². The predicted octanol–water partition coefficient (Wildman–Crippen LogP) is 7.24. The fourth-order valence-electron chi connectivity index (χ4n) is 3.65. The Bertz CT molecular complexity index is 1590. The molecular weight excluding hydrogens is 517 g/mol. The van der Waals surface area contributed by atoms with Crippen molar-refractivity contribution in [3.63, 3.8) is 0 Å². The first-order chi connectivity index (χ1) is 18.0. The highest BCUT2D eigenvalue weighted by atomic mass is 35.5. The number of para-hydroxylation sites is 1. The molecule has 0 saturated heterocycles. The molecule has 1 amide bonds. The summed E-state index contributed by atoms with van der Waals surface area (Å²) in [7, 11) is 3.11. The number of anilines is 1. The van der Waals surface area contributed by atoms with Gasteiger partial charge in [-0.2, -0.15) is 4.98 Å². The highest BCUT2D eigenvalue weighted by molar-refractivity contribution is 6.42. The Morgan fingerprint density at radius 2 is 1.65 bits per heavy atom. The molecule has 186 valence electrons. The number of furan rings is 1. The quantitative estimate of drug-likeness (QED) is 0.234. The zero-order chi connectivity index (χ0) is 25.9. The monoisotopic (exact) mass is 535 g/mol. The number of nitrogens with one attached hydrogen (secondary N) is 1. The van der Waals surface area contributed by atoms with Gasteiger partial charge in [0.25, 0.3) is 11.8 Å². The minimum Gasteiger partial charge on any atom is -0.493 e. The van der Waals surface area contributed by atoms with Gasteiger partial charge in [-0.25, -0.2) is 0 Å². The number of methoxy groups -OCH3 is 2. The Morgan fingerprint density at radius 1 is 0.865 bits per heavy atom. The summed E-state index contributed by atoms with van der Waals surface area (Å²) in [6.07, 6.45) is 0. The smallest absolute Gasteiger partial charge is 0.291 e. The number of benzene rings is 3. The van der Waals surface area contributed by atoms with E-state index in [-0.39, 0.29) is 11.7 Å². The molecule has 0 fully saturated rings. The molecule has 37 heavy (non-hydrogen) atoms. The molecule has 0 atom stereocenters. The van der Waals surface area contributed by atoms with Crippen molar-refractivity contribution in [3.05, 3.63) is 88.6 Å². The molecule has 2 aromatic heterocycles. The zero-order valence-electron chi connectivity index (χ0n) is 19.6. The van der Waals surface area contributed by atoms with Crippen molar-refractivity contribution >= 4 is 34.8 Å². The van der Waals surface area contributed by atoms with E-state index in [0.29, 0.717) is 55.5 Å². The lowest BCUT2D eigenvalue weighted by atomic mass is 10.1. The molecule has 0 aliphatic rings. The van der Waals surface area contributed by atoms with Crippen LogP contribution < -0.4 is 14.8 Å². The third-order valence-corrected chi connectivity index (χ3v) is 6.25. The van der Waals surface area contributed by atoms with E-state index in [9.17, 15) is 4.79 Å². The fraction of sp³-hybridized carbons (Fsp3) is 0.0741. The van der Waals surface area contributed by atoms with Gasteiger partial charge in [0.2, 0.25) is 5.82 Å². The lowest BCUT2D eigenvalue weighted by Crippen LogP contribution is -2.11. The molecule has 10 heteroatoms. The third kappa shape index (κ3) is 5.02. The highest BCUT2D eigenvalue weighted by Gasteiger charge is 2.19. The van der Waals surface area contributed by atoms with Crippen molar-refractivity contribution in [2.75, 3.05) is 19.5 Å². The van der Waals surface area contributed by atoms with Crippen LogP contribution in [-0.4, -0.2) is 30.3 Å². The first kappa shape index (κ1) is 24.4. The van der Waals surface area contributed by atoms with Crippen LogP contribution in [0.1, 0.15) is 10.6 Å². The summed E-state index contributed by atoms with van der Waals surface area (Å²) < 4.78 is 21.9. The van der Waals surface area contributed by atoms with Crippen LogP contribution in [0.5, 0.6) is 11.5 Å². The van der Waals surface area contributed by atoms with Crippen LogP contribution in [0.2, 0.25) is 10.0 Å². The Balaban J connectivity index is 1.38. The molecule has 5 rings (SSSR count). The van der Waals surface area contributed by atoms with E-state index in [1.807, 2.05) is 0 Å². The van der Waals surface area contributed by atoms with E-state index in [1.54, 1.807) is 87.0 Å². The van der Waals surface area contributed by atoms with Crippen LogP contribution in [0.15, 0.2) is 81.7 Å². The maximum absolute atomic E-state index is 13.0. The number of aromatic nitrogens is 2. The molecule has 0 spiro atoms. The van der Waals surface area contributed by atoms with Crippen molar-refractivity contribution in [3.8, 4) is 45.7 Å². The largest absolute Gasteiger partial charge is 0.493 e. The van der Waals surface area contributed by atoms with Crippen LogP contribution >= 0.6 is 23.2 Å². The van der Waals surface area contributed by atoms with Gasteiger partial charge in [0.15, 0.2) is 17.3 Å². The van der Waals surface area contributed by atoms with Gasteiger partial charge in [0.1, 0.15) is 5.76 Å². The second-order valence-electron chi connectivity index (χ2n) is 7.79. The predicted molar refractivity (Wildman–Crippen MR) is 140 cm³/mol. The maximum Gasteiger partial charge on any atom is 0.291 e. The molecule has 8 nitrogen and oxygen atoms in total. The van der Waals surface area contributed by atoms with Crippen molar-refractivity contribution < 1.29 is 23.2 Å². The summed E-state index contributed by atoms with van der Waals surface area (Å²) in [5.41, 5.74) is 2.40. The number of hydrogen-bond acceptors (Lipinski definition) is 7. The van der Waals surface area contributed by atoms with E-state index in [0.717, 1.165) is 0 Å². The summed E-state index contributed by atoms with van der Waals surface area (Å²) in [4.78, 5) is 17.5. The SMILES string of the molecule is COc1ccc(-c2noc(-c3ccccc3NC(=O)c3ccc(-c4ccc(Cl)c(Cl)c4)o3)n2)cc1OC. The standard InChI is InChI=1S/C27H19Cl2N3O5/c1-34-22-10-8-16(14-24(22)35-2)25-31-27(37-32-25)17-5-3-4-6-20(17)30-26(33)23-12-11-21(36-23)15-7-9-18(28)19(29)13-15/h3-14H,1-2H3,(H,30,33). The number of carbonyl (C=O) groups is 1. The van der Waals surface area contributed by atoms with Gasteiger partial charge in [0.05, 0.1) is 35.5 Å². The average molecular weight is 536 g/mol. The molecule has 0 unspecified atom stereocenters. The normalized spacial score (nSPS) is 10.8. The molecular formula is C27H19Cl2N3O5. The molecule has 1 N–H and O–H groups in total. The van der Waals surface area contributed by atoms with Gasteiger partial charge in [0, 0.05) is 11.1 Å². The van der Waals surface area contributed by atoms with Gasteiger partial charge < -0.3 is 23.7 Å². The maximum atomic E-state index is 13.0. The van der Waals surface area contributed by atoms with Crippen LogP contribution in [0.25, 0.3) is 34.2 Å². The summed E-state index contributed by atoms with van der Waals surface area (Å²) in [5, 5.41) is 7.76. The molecule has 0 bridgehead atoms. The van der Waals surface area contributed by atoms with Crippen molar-refractivity contribution in [2.45, 2.75) is 0 Å². The fourth-order valence-corrected chi connectivity index (χ4v) is 3.95. The van der Waals surface area contributed by atoms with Crippen LogP contribution in [0.3, 0.4) is 0 Å². The second kappa shape index (κ2) is 10.4. The molecule has 3 aromatic carbocycles. The van der Waals surface area contributed by atoms with Gasteiger partial charge in [-0.3, -0.25) is 4.79 Å². The number of nitrogens with zero attached hydrogens (tertiary/aromatic N) is 2. The Labute approximate surface area is 221 Å². The van der Waals surface area contributed by atoms with Gasteiger partial charge in [-0.05, 0) is 60.7 Å². The van der Waals surface area contributed by atoms with E-state index in [1.165, 1.54) is 0 Å². The topological polar surface area (TPSA) is 99.6 Å². The minimum absolute atomic E-state index is 0.118. The molecule has 0 radical (unpaired) electrons. The van der Waals surface area contributed by atoms with Crippen LogP contribution in [0.4, 0.5) is 5.69 Å².